The van der Waals surface area contributed by atoms with Crippen LogP contribution < -0.4 is 14.8 Å². The number of carbonyl (C=O) groups excluding carboxylic acids is 1. The molecule has 0 saturated heterocycles. The number of amides is 1. The number of carbonyl (C=O) groups is 1. The van der Waals surface area contributed by atoms with E-state index in [2.05, 4.69) is 24.1 Å². The number of pyridine rings is 1. The van der Waals surface area contributed by atoms with Gasteiger partial charge < -0.3 is 14.8 Å². The van der Waals surface area contributed by atoms with Crippen LogP contribution >= 0.6 is 0 Å². The number of nitrogens with one attached hydrogen (secondary N) is 1. The Bertz CT molecular complexity index is 1000. The van der Waals surface area contributed by atoms with Gasteiger partial charge in [0.2, 0.25) is 11.8 Å². The van der Waals surface area contributed by atoms with E-state index in [-0.39, 0.29) is 34.1 Å². The molecule has 1 aliphatic rings. The predicted molar refractivity (Wildman–Crippen MR) is 105 cm³/mol. The number of hydrogen-bond acceptors (Lipinski definition) is 6. The molecule has 3 rings (SSSR count). The van der Waals surface area contributed by atoms with Crippen LogP contribution in [0.2, 0.25) is 0 Å². The van der Waals surface area contributed by atoms with Crippen molar-refractivity contribution >= 4 is 15.7 Å². The first-order valence-corrected chi connectivity index (χ1v) is 10.7. The molecule has 1 heterocycles. The fourth-order valence-corrected chi connectivity index (χ4v) is 4.17. The molecule has 2 atom stereocenters. The van der Waals surface area contributed by atoms with Gasteiger partial charge in [0.15, 0.2) is 9.84 Å². The quantitative estimate of drug-likeness (QED) is 0.795. The third kappa shape index (κ3) is 3.69. The van der Waals surface area contributed by atoms with E-state index < -0.39 is 9.84 Å². The maximum absolute atomic E-state index is 12.8. The van der Waals surface area contributed by atoms with Crippen LogP contribution in [0, 0.1) is 5.41 Å². The van der Waals surface area contributed by atoms with Crippen molar-refractivity contribution in [1.29, 1.82) is 0 Å². The number of ether oxygens (including phenoxy) is 2. The number of nitrogens with zero attached hydrogens (tertiary/aromatic N) is 1. The van der Waals surface area contributed by atoms with Crippen LogP contribution in [-0.2, 0) is 9.84 Å². The summed E-state index contributed by atoms with van der Waals surface area (Å²) in [4.78, 5) is 17.2. The zero-order valence-corrected chi connectivity index (χ0v) is 17.3. The lowest BCUT2D eigenvalue weighted by atomic mass is 10.0. The Morgan fingerprint density at radius 1 is 1.07 bits per heavy atom. The summed E-state index contributed by atoms with van der Waals surface area (Å²) in [6, 6.07) is 9.97. The van der Waals surface area contributed by atoms with Crippen LogP contribution in [0.15, 0.2) is 41.3 Å². The number of aromatic nitrogens is 1. The molecule has 0 radical (unpaired) electrons. The van der Waals surface area contributed by atoms with E-state index in [1.807, 2.05) is 12.1 Å². The summed E-state index contributed by atoms with van der Waals surface area (Å²) in [5, 5.41) is 3.05. The molecule has 1 saturated carbocycles. The SMILES string of the molecule is COc1ccc(C(=O)N[C@H]2[C@H](c3ccc(S(C)(=O)=O)cc3)C2(C)C)c(OC)n1. The Kier molecular flexibility index (Phi) is 5.10. The molecule has 1 amide bonds. The zero-order chi connectivity index (χ0) is 20.7. The van der Waals surface area contributed by atoms with E-state index in [0.29, 0.717) is 11.4 Å². The molecule has 1 aliphatic carbocycles. The average Bonchev–Trinajstić information content (AvgIpc) is 3.20. The van der Waals surface area contributed by atoms with E-state index in [1.54, 1.807) is 24.3 Å². The molecule has 2 aromatic rings. The molecule has 0 bridgehead atoms. The molecule has 1 fully saturated rings. The normalized spacial score (nSPS) is 20.3. The molecule has 7 nitrogen and oxygen atoms in total. The number of rotatable bonds is 6. The first kappa shape index (κ1) is 20.1. The van der Waals surface area contributed by atoms with Crippen molar-refractivity contribution in [3.05, 3.63) is 47.5 Å². The Labute approximate surface area is 165 Å². The smallest absolute Gasteiger partial charge is 0.257 e. The van der Waals surface area contributed by atoms with E-state index in [0.717, 1.165) is 5.56 Å². The minimum absolute atomic E-state index is 0.0854. The van der Waals surface area contributed by atoms with E-state index in [4.69, 9.17) is 9.47 Å². The molecule has 0 spiro atoms. The van der Waals surface area contributed by atoms with Crippen molar-refractivity contribution in [1.82, 2.24) is 10.3 Å². The molecule has 1 aromatic carbocycles. The summed E-state index contributed by atoms with van der Waals surface area (Å²) in [6.07, 6.45) is 1.18. The largest absolute Gasteiger partial charge is 0.481 e. The van der Waals surface area contributed by atoms with Gasteiger partial charge in [-0.2, -0.15) is 4.98 Å². The van der Waals surface area contributed by atoms with Crippen molar-refractivity contribution < 1.29 is 22.7 Å². The molecular weight excluding hydrogens is 380 g/mol. The highest BCUT2D eigenvalue weighted by Gasteiger charge is 2.59. The maximum Gasteiger partial charge on any atom is 0.257 e. The Hall–Kier alpha value is -2.61. The Morgan fingerprint density at radius 2 is 1.71 bits per heavy atom. The van der Waals surface area contributed by atoms with E-state index >= 15 is 0 Å². The van der Waals surface area contributed by atoms with E-state index in [1.165, 1.54) is 20.5 Å². The first-order chi connectivity index (χ1) is 13.1. The number of hydrogen-bond donors (Lipinski definition) is 1. The number of methoxy groups -OCH3 is 2. The summed E-state index contributed by atoms with van der Waals surface area (Å²) in [5.41, 5.74) is 1.16. The van der Waals surface area contributed by atoms with Crippen molar-refractivity contribution in [3.63, 3.8) is 0 Å². The van der Waals surface area contributed by atoms with Gasteiger partial charge in [0.05, 0.1) is 19.1 Å². The van der Waals surface area contributed by atoms with Crippen molar-refractivity contribution in [2.75, 3.05) is 20.5 Å². The van der Waals surface area contributed by atoms with Crippen molar-refractivity contribution in [3.8, 4) is 11.8 Å². The topological polar surface area (TPSA) is 94.6 Å². The van der Waals surface area contributed by atoms with Gasteiger partial charge in [0.25, 0.3) is 5.91 Å². The van der Waals surface area contributed by atoms with Crippen LogP contribution in [0.1, 0.15) is 35.7 Å². The molecule has 0 aliphatic heterocycles. The van der Waals surface area contributed by atoms with Gasteiger partial charge in [-0.25, -0.2) is 8.42 Å². The van der Waals surface area contributed by atoms with Crippen LogP contribution in [-0.4, -0.2) is 45.8 Å². The number of benzene rings is 1. The minimum atomic E-state index is -3.24. The predicted octanol–water partition coefficient (Wildman–Crippen LogP) is 2.42. The third-order valence-corrected chi connectivity index (χ3v) is 6.39. The van der Waals surface area contributed by atoms with Gasteiger partial charge in [-0.1, -0.05) is 26.0 Å². The summed E-state index contributed by atoms with van der Waals surface area (Å²) in [5.74, 6) is 0.371. The lowest BCUT2D eigenvalue weighted by molar-refractivity contribution is 0.0942. The van der Waals surface area contributed by atoms with Crippen LogP contribution in [0.3, 0.4) is 0 Å². The van der Waals surface area contributed by atoms with Crippen LogP contribution in [0.25, 0.3) is 0 Å². The highest BCUT2D eigenvalue weighted by molar-refractivity contribution is 7.90. The van der Waals surface area contributed by atoms with Gasteiger partial charge in [-0.15, -0.1) is 0 Å². The number of sulfone groups is 1. The van der Waals surface area contributed by atoms with Gasteiger partial charge in [-0.05, 0) is 29.2 Å². The van der Waals surface area contributed by atoms with Gasteiger partial charge >= 0.3 is 0 Å². The lowest BCUT2D eigenvalue weighted by Gasteiger charge is -2.10. The second kappa shape index (κ2) is 7.09. The first-order valence-electron chi connectivity index (χ1n) is 8.79. The monoisotopic (exact) mass is 404 g/mol. The van der Waals surface area contributed by atoms with Crippen LogP contribution in [0.5, 0.6) is 11.8 Å². The highest BCUT2D eigenvalue weighted by atomic mass is 32.2. The molecule has 0 unspecified atom stereocenters. The Morgan fingerprint density at radius 3 is 2.25 bits per heavy atom. The second-order valence-corrected chi connectivity index (χ2v) is 9.52. The highest BCUT2D eigenvalue weighted by Crippen LogP contribution is 2.58. The lowest BCUT2D eigenvalue weighted by Crippen LogP contribution is -2.29. The molecule has 28 heavy (non-hydrogen) atoms. The summed E-state index contributed by atoms with van der Waals surface area (Å²) >= 11 is 0. The summed E-state index contributed by atoms with van der Waals surface area (Å²) < 4.78 is 33.6. The molecule has 150 valence electrons. The van der Waals surface area contributed by atoms with Crippen LogP contribution in [0.4, 0.5) is 0 Å². The van der Waals surface area contributed by atoms with Crippen molar-refractivity contribution in [2.45, 2.75) is 30.7 Å². The van der Waals surface area contributed by atoms with Gasteiger partial charge in [0.1, 0.15) is 5.56 Å². The molecule has 1 aromatic heterocycles. The van der Waals surface area contributed by atoms with E-state index in [9.17, 15) is 13.2 Å². The average molecular weight is 404 g/mol. The standard InChI is InChI=1S/C20H24N2O5S/c1-20(2)16(12-6-8-13(9-7-12)28(5,24)25)17(20)22-18(23)14-10-11-15(26-3)21-19(14)27-4/h6-11,16-17H,1-5H3,(H,22,23)/t16-,17-/m0/s1. The van der Waals surface area contributed by atoms with Crippen molar-refractivity contribution in [2.24, 2.45) is 5.41 Å². The Balaban J connectivity index is 1.79. The van der Waals surface area contributed by atoms with Gasteiger partial charge in [0, 0.05) is 24.3 Å². The molecule has 8 heteroatoms. The second-order valence-electron chi connectivity index (χ2n) is 7.50. The fraction of sp³-hybridized carbons (Fsp3) is 0.400. The van der Waals surface area contributed by atoms with Gasteiger partial charge in [-0.3, -0.25) is 4.79 Å². The summed E-state index contributed by atoms with van der Waals surface area (Å²) in [7, 11) is -0.292. The maximum atomic E-state index is 12.8. The third-order valence-electron chi connectivity index (χ3n) is 5.26. The fourth-order valence-electron chi connectivity index (χ4n) is 3.54. The zero-order valence-electron chi connectivity index (χ0n) is 16.5. The molecular formula is C20H24N2O5S. The molecule has 1 N–H and O–H groups in total. The summed E-state index contributed by atoms with van der Waals surface area (Å²) in [6.45, 7) is 4.13. The minimum Gasteiger partial charge on any atom is -0.481 e.